The van der Waals surface area contributed by atoms with Crippen LogP contribution in [0.2, 0.25) is 0 Å². The van der Waals surface area contributed by atoms with Crippen LogP contribution >= 0.6 is 0 Å². The number of hydrogen-bond donors (Lipinski definition) is 2. The normalized spacial score (nSPS) is 26.1. The van der Waals surface area contributed by atoms with E-state index in [-0.39, 0.29) is 12.4 Å². The summed E-state index contributed by atoms with van der Waals surface area (Å²) in [6, 6.07) is 12.1. The number of nitrogens with zero attached hydrogens (tertiary/aromatic N) is 1. The second-order valence-corrected chi connectivity index (χ2v) is 11.7. The first-order chi connectivity index (χ1) is 19.2. The first-order valence-corrected chi connectivity index (χ1v) is 14.5. The minimum Gasteiger partial charge on any atom is -0.508 e. The van der Waals surface area contributed by atoms with E-state index in [9.17, 15) is 14.7 Å². The lowest BCUT2D eigenvalue weighted by molar-refractivity contribution is -0.147. The summed E-state index contributed by atoms with van der Waals surface area (Å²) in [5, 5.41) is 14.0. The van der Waals surface area contributed by atoms with Gasteiger partial charge in [0.25, 0.3) is 0 Å². The van der Waals surface area contributed by atoms with Gasteiger partial charge in [0.1, 0.15) is 11.9 Å². The fourth-order valence-electron chi connectivity index (χ4n) is 7.56. The summed E-state index contributed by atoms with van der Waals surface area (Å²) in [6.45, 7) is 8.79. The number of carbonyl (C=O) groups is 2. The number of carbonyl (C=O) groups excluding carboxylic acids is 2. The zero-order chi connectivity index (χ0) is 28.1. The van der Waals surface area contributed by atoms with Crippen molar-refractivity contribution in [3.63, 3.8) is 0 Å². The van der Waals surface area contributed by atoms with Gasteiger partial charge in [0, 0.05) is 36.4 Å². The van der Waals surface area contributed by atoms with Gasteiger partial charge in [-0.05, 0) is 87.8 Å². The second-order valence-electron chi connectivity index (χ2n) is 11.7. The van der Waals surface area contributed by atoms with Crippen molar-refractivity contribution in [1.82, 2.24) is 10.2 Å². The number of aryl methyl sites for hydroxylation is 3. The standard InChI is InChI=1S/C33H38N2O5/c1-5-39-32(37)31-26(17-35-22-9-10-23(35)12-11-22)34-25-16-27(28-19(3)13-18(2)14-20(28)4)40-33(38)30(25)29(31)21-7-6-8-24(36)15-21/h6-8,13-15,22-23,27,29,34,36H,5,9-12,16-17H2,1-4H3. The third-order valence-electron chi connectivity index (χ3n) is 9.09. The minimum atomic E-state index is -0.702. The number of esters is 2. The molecule has 6 rings (SSSR count). The number of dihydropyridines is 1. The van der Waals surface area contributed by atoms with E-state index in [1.165, 1.54) is 31.2 Å². The van der Waals surface area contributed by atoms with Crippen molar-refractivity contribution >= 4 is 11.9 Å². The molecule has 7 heteroatoms. The molecule has 0 aromatic heterocycles. The van der Waals surface area contributed by atoms with Crippen molar-refractivity contribution in [2.45, 2.75) is 83.9 Å². The van der Waals surface area contributed by atoms with E-state index in [2.05, 4.69) is 43.1 Å². The third-order valence-corrected chi connectivity index (χ3v) is 9.09. The molecule has 2 atom stereocenters. The van der Waals surface area contributed by atoms with Gasteiger partial charge in [-0.2, -0.15) is 0 Å². The molecule has 0 amide bonds. The summed E-state index contributed by atoms with van der Waals surface area (Å²) in [5.74, 6) is -1.52. The highest BCUT2D eigenvalue weighted by atomic mass is 16.5. The Hall–Kier alpha value is -3.58. The topological polar surface area (TPSA) is 88.1 Å². The van der Waals surface area contributed by atoms with Crippen LogP contribution in [-0.2, 0) is 19.1 Å². The molecule has 2 N–H and O–H groups in total. The Morgan fingerprint density at radius 1 is 1.07 bits per heavy atom. The van der Waals surface area contributed by atoms with Crippen LogP contribution in [0.15, 0.2) is 58.9 Å². The molecular formula is C33H38N2O5. The van der Waals surface area contributed by atoms with Crippen molar-refractivity contribution < 1.29 is 24.2 Å². The monoisotopic (exact) mass is 542 g/mol. The molecule has 2 saturated heterocycles. The van der Waals surface area contributed by atoms with E-state index < -0.39 is 24.0 Å². The molecule has 2 aromatic carbocycles. The fraction of sp³-hybridized carbons (Fsp3) is 0.455. The Morgan fingerprint density at radius 2 is 1.75 bits per heavy atom. The van der Waals surface area contributed by atoms with Crippen LogP contribution in [-0.4, -0.2) is 47.2 Å². The summed E-state index contributed by atoms with van der Waals surface area (Å²) >= 11 is 0. The van der Waals surface area contributed by atoms with E-state index in [4.69, 9.17) is 9.47 Å². The largest absolute Gasteiger partial charge is 0.508 e. The smallest absolute Gasteiger partial charge is 0.337 e. The molecule has 40 heavy (non-hydrogen) atoms. The first-order valence-electron chi connectivity index (χ1n) is 14.5. The molecule has 2 unspecified atom stereocenters. The van der Waals surface area contributed by atoms with Crippen molar-refractivity contribution in [1.29, 1.82) is 0 Å². The van der Waals surface area contributed by atoms with E-state index in [1.807, 2.05) is 6.07 Å². The quantitative estimate of drug-likeness (QED) is 0.473. The molecule has 2 fully saturated rings. The van der Waals surface area contributed by atoms with Crippen LogP contribution in [0.5, 0.6) is 5.75 Å². The lowest BCUT2D eigenvalue weighted by Crippen LogP contribution is -2.42. The molecule has 0 aliphatic carbocycles. The Kier molecular flexibility index (Phi) is 6.95. The van der Waals surface area contributed by atoms with E-state index >= 15 is 0 Å². The molecule has 4 aliphatic heterocycles. The molecule has 0 radical (unpaired) electrons. The van der Waals surface area contributed by atoms with Crippen molar-refractivity contribution in [3.8, 4) is 5.75 Å². The molecule has 4 aliphatic rings. The van der Waals surface area contributed by atoms with Crippen molar-refractivity contribution in [2.75, 3.05) is 13.2 Å². The lowest BCUT2D eigenvalue weighted by atomic mass is 9.77. The molecule has 0 spiro atoms. The van der Waals surface area contributed by atoms with Gasteiger partial charge in [-0.15, -0.1) is 0 Å². The lowest BCUT2D eigenvalue weighted by Gasteiger charge is -2.39. The molecular weight excluding hydrogens is 504 g/mol. The maximum absolute atomic E-state index is 13.9. The van der Waals surface area contributed by atoms with Gasteiger partial charge >= 0.3 is 11.9 Å². The first kappa shape index (κ1) is 26.6. The number of nitrogens with one attached hydrogen (secondary N) is 1. The van der Waals surface area contributed by atoms with Gasteiger partial charge in [0.05, 0.1) is 23.7 Å². The van der Waals surface area contributed by atoms with Gasteiger partial charge in [0.2, 0.25) is 0 Å². The second kappa shape index (κ2) is 10.4. The summed E-state index contributed by atoms with van der Waals surface area (Å²) in [5.41, 5.74) is 7.46. The van der Waals surface area contributed by atoms with Crippen LogP contribution in [0.1, 0.15) is 78.9 Å². The zero-order valence-electron chi connectivity index (χ0n) is 23.8. The number of phenols is 1. The van der Waals surface area contributed by atoms with Gasteiger partial charge in [-0.1, -0.05) is 29.8 Å². The van der Waals surface area contributed by atoms with E-state index in [0.29, 0.717) is 41.8 Å². The molecule has 2 aromatic rings. The minimum absolute atomic E-state index is 0.0773. The maximum Gasteiger partial charge on any atom is 0.337 e. The molecule has 7 nitrogen and oxygen atoms in total. The van der Waals surface area contributed by atoms with Crippen molar-refractivity contribution in [3.05, 3.63) is 86.8 Å². The number of phenolic OH excluding ortho intramolecular Hbond substituents is 1. The number of benzene rings is 2. The summed E-state index contributed by atoms with van der Waals surface area (Å²) < 4.78 is 11.7. The average Bonchev–Trinajstić information content (AvgIpc) is 3.46. The van der Waals surface area contributed by atoms with Crippen LogP contribution in [0, 0.1) is 20.8 Å². The highest BCUT2D eigenvalue weighted by molar-refractivity contribution is 6.00. The third kappa shape index (κ3) is 4.60. The number of aromatic hydroxyl groups is 1. The predicted molar refractivity (Wildman–Crippen MR) is 152 cm³/mol. The number of hydrogen-bond acceptors (Lipinski definition) is 7. The summed E-state index contributed by atoms with van der Waals surface area (Å²) in [6.07, 6.45) is 4.76. The van der Waals surface area contributed by atoms with Crippen molar-refractivity contribution in [2.24, 2.45) is 0 Å². The summed E-state index contributed by atoms with van der Waals surface area (Å²) in [7, 11) is 0. The maximum atomic E-state index is 13.9. The predicted octanol–water partition coefficient (Wildman–Crippen LogP) is 5.39. The highest BCUT2D eigenvalue weighted by Crippen LogP contribution is 2.47. The van der Waals surface area contributed by atoms with E-state index in [1.54, 1.807) is 25.1 Å². The van der Waals surface area contributed by atoms with Gasteiger partial charge in [-0.25, -0.2) is 9.59 Å². The van der Waals surface area contributed by atoms with Gasteiger partial charge < -0.3 is 19.9 Å². The summed E-state index contributed by atoms with van der Waals surface area (Å²) in [4.78, 5) is 30.0. The Balaban J connectivity index is 1.47. The van der Waals surface area contributed by atoms with Crippen LogP contribution in [0.4, 0.5) is 0 Å². The Morgan fingerprint density at radius 3 is 2.38 bits per heavy atom. The van der Waals surface area contributed by atoms with Crippen LogP contribution in [0.25, 0.3) is 0 Å². The van der Waals surface area contributed by atoms with Crippen LogP contribution < -0.4 is 5.32 Å². The van der Waals surface area contributed by atoms with E-state index in [0.717, 1.165) is 28.1 Å². The average molecular weight is 543 g/mol. The Labute approximate surface area is 235 Å². The fourth-order valence-corrected chi connectivity index (χ4v) is 7.56. The molecule has 0 saturated carbocycles. The Bertz CT molecular complexity index is 1400. The zero-order valence-corrected chi connectivity index (χ0v) is 23.8. The number of ether oxygens (including phenoxy) is 2. The van der Waals surface area contributed by atoms with Gasteiger partial charge in [0.15, 0.2) is 0 Å². The SMILES string of the molecule is CCOC(=O)C1=C(CN2C3CCC2CC3)NC2=C(C(=O)OC(c3c(C)cc(C)cc3C)C2)C1c1cccc(O)c1. The number of rotatable bonds is 6. The number of fused-ring (bicyclic) bond motifs is 2. The van der Waals surface area contributed by atoms with Gasteiger partial charge in [-0.3, -0.25) is 4.90 Å². The molecule has 210 valence electrons. The molecule has 2 bridgehead atoms. The number of cyclic esters (lactones) is 1. The molecule has 4 heterocycles. The highest BCUT2D eigenvalue weighted by Gasteiger charge is 2.46. The van der Waals surface area contributed by atoms with Crippen LogP contribution in [0.3, 0.4) is 0 Å².